The number of benzene rings is 2. The molecular formula is C36H48O4. The van der Waals surface area contributed by atoms with E-state index >= 15 is 0 Å². The Morgan fingerprint density at radius 3 is 2.42 bits per heavy atom. The number of fused-ring (bicyclic) bond motifs is 5. The summed E-state index contributed by atoms with van der Waals surface area (Å²) in [7, 11) is 0. The fourth-order valence-electron chi connectivity index (χ4n) is 8.31. The molecule has 0 aliphatic heterocycles. The van der Waals surface area contributed by atoms with Crippen LogP contribution in [0.1, 0.15) is 119 Å². The second-order valence-corrected chi connectivity index (χ2v) is 13.1. The lowest BCUT2D eigenvalue weighted by Crippen LogP contribution is -2.42. The maximum absolute atomic E-state index is 13.7. The van der Waals surface area contributed by atoms with Crippen LogP contribution in [-0.2, 0) is 22.6 Å². The van der Waals surface area contributed by atoms with Crippen molar-refractivity contribution in [2.24, 2.45) is 23.2 Å². The number of carbonyl (C=O) groups is 2. The van der Waals surface area contributed by atoms with Gasteiger partial charge in [0.2, 0.25) is 0 Å². The van der Waals surface area contributed by atoms with E-state index in [1.807, 2.05) is 6.07 Å². The van der Waals surface area contributed by atoms with Gasteiger partial charge in [0, 0.05) is 17.8 Å². The number of ketones is 1. The zero-order valence-electron chi connectivity index (χ0n) is 24.4. The third kappa shape index (κ3) is 6.64. The maximum Gasteiger partial charge on any atom is 0.303 e. The highest BCUT2D eigenvalue weighted by Crippen LogP contribution is 2.61. The molecule has 1 unspecified atom stereocenters. The first-order valence-electron chi connectivity index (χ1n) is 16.0. The highest BCUT2D eigenvalue weighted by Gasteiger charge is 2.57. The van der Waals surface area contributed by atoms with Gasteiger partial charge in [0.05, 0.1) is 0 Å². The highest BCUT2D eigenvalue weighted by atomic mass is 16.5. The van der Waals surface area contributed by atoms with E-state index in [9.17, 15) is 9.59 Å². The van der Waals surface area contributed by atoms with Crippen LogP contribution in [-0.4, -0.2) is 16.9 Å². The van der Waals surface area contributed by atoms with Crippen LogP contribution in [0.4, 0.5) is 0 Å². The van der Waals surface area contributed by atoms with E-state index in [4.69, 9.17) is 9.84 Å². The average molecular weight is 545 g/mol. The molecular weight excluding hydrogens is 496 g/mol. The highest BCUT2D eigenvalue weighted by molar-refractivity contribution is 5.89. The quantitative estimate of drug-likeness (QED) is 0.241. The third-order valence-corrected chi connectivity index (χ3v) is 10.5. The number of hydrogen-bond donors (Lipinski definition) is 1. The van der Waals surface area contributed by atoms with Gasteiger partial charge in [-0.2, -0.15) is 0 Å². The van der Waals surface area contributed by atoms with Crippen molar-refractivity contribution in [2.45, 2.75) is 116 Å². The monoisotopic (exact) mass is 544 g/mol. The van der Waals surface area contributed by atoms with Crippen LogP contribution in [0.2, 0.25) is 0 Å². The van der Waals surface area contributed by atoms with E-state index in [-0.39, 0.29) is 11.3 Å². The molecule has 0 radical (unpaired) electrons. The number of rotatable bonds is 14. The molecule has 5 rings (SSSR count). The molecule has 0 amide bonds. The van der Waals surface area contributed by atoms with Gasteiger partial charge in [-0.25, -0.2) is 0 Å². The second-order valence-electron chi connectivity index (χ2n) is 13.1. The molecule has 0 heterocycles. The Hall–Kier alpha value is -2.62. The van der Waals surface area contributed by atoms with Gasteiger partial charge < -0.3 is 9.84 Å². The normalized spacial score (nSPS) is 27.1. The molecule has 0 bridgehead atoms. The summed E-state index contributed by atoms with van der Waals surface area (Å²) in [6.45, 7) is 2.90. The first kappa shape index (κ1) is 28.9. The fourth-order valence-corrected chi connectivity index (χ4v) is 8.31. The van der Waals surface area contributed by atoms with Gasteiger partial charge >= 0.3 is 5.97 Å². The summed E-state index contributed by atoms with van der Waals surface area (Å²) in [5, 5.41) is 8.73. The van der Waals surface area contributed by atoms with Gasteiger partial charge in [0.25, 0.3) is 0 Å². The first-order valence-corrected chi connectivity index (χ1v) is 16.0. The standard InChI is InChI=1S/C36H48O4/c1-36-22-21-31-30-20-18-29(40-25-26-13-9-8-10-14-26)23-27(30)17-19-32(31)33(36)24-28(35(36)39)15-11-6-4-2-3-5-7-12-16-34(37)38/h8-10,13-14,18,20,23,28,31-33H,2-7,11-12,15-17,19,21-22,24-25H2,1H3,(H,37,38)/t28?,31-,32-,33+,36+/m1/s1. The molecule has 2 aromatic carbocycles. The Balaban J connectivity index is 1.09. The van der Waals surface area contributed by atoms with Crippen molar-refractivity contribution in [3.8, 4) is 5.75 Å². The predicted molar refractivity (Wildman–Crippen MR) is 160 cm³/mol. The van der Waals surface area contributed by atoms with Gasteiger partial charge in [-0.1, -0.05) is 88.3 Å². The summed E-state index contributed by atoms with van der Waals surface area (Å²) in [6, 6.07) is 17.1. The van der Waals surface area contributed by atoms with Crippen molar-refractivity contribution in [3.05, 3.63) is 65.2 Å². The lowest BCUT2D eigenvalue weighted by molar-refractivity contribution is -0.137. The van der Waals surface area contributed by atoms with Crippen molar-refractivity contribution < 1.29 is 19.4 Å². The molecule has 3 aliphatic carbocycles. The molecule has 2 fully saturated rings. The van der Waals surface area contributed by atoms with Crippen LogP contribution in [0.5, 0.6) is 5.75 Å². The summed E-state index contributed by atoms with van der Waals surface area (Å²) in [4.78, 5) is 24.3. The number of carbonyl (C=O) groups excluding carboxylic acids is 1. The Morgan fingerprint density at radius 1 is 0.950 bits per heavy atom. The Bertz CT molecular complexity index is 1140. The Labute approximate surface area is 240 Å². The van der Waals surface area contributed by atoms with Crippen LogP contribution in [0.15, 0.2) is 48.5 Å². The molecule has 5 atom stereocenters. The SMILES string of the molecule is C[C@]12CC[C@@H]3c4ccc(OCc5ccccc5)cc4CC[C@H]3[C@@H]1CC(CCCCCCCCCCC(=O)O)C2=O. The lowest BCUT2D eigenvalue weighted by Gasteiger charge is -2.48. The van der Waals surface area contributed by atoms with E-state index in [1.54, 1.807) is 0 Å². The van der Waals surface area contributed by atoms with E-state index in [2.05, 4.69) is 49.4 Å². The van der Waals surface area contributed by atoms with E-state index in [1.165, 1.54) is 55.2 Å². The van der Waals surface area contributed by atoms with Gasteiger partial charge in [0.1, 0.15) is 18.1 Å². The van der Waals surface area contributed by atoms with E-state index in [0.717, 1.165) is 57.1 Å². The van der Waals surface area contributed by atoms with Crippen LogP contribution < -0.4 is 4.74 Å². The summed E-state index contributed by atoms with van der Waals surface area (Å²) < 4.78 is 6.14. The third-order valence-electron chi connectivity index (χ3n) is 10.5. The van der Waals surface area contributed by atoms with Gasteiger partial charge in [-0.15, -0.1) is 0 Å². The largest absolute Gasteiger partial charge is 0.489 e. The average Bonchev–Trinajstić information content (AvgIpc) is 3.22. The molecule has 40 heavy (non-hydrogen) atoms. The first-order chi connectivity index (χ1) is 19.5. The van der Waals surface area contributed by atoms with Crippen molar-refractivity contribution in [2.75, 3.05) is 0 Å². The van der Waals surface area contributed by atoms with Crippen molar-refractivity contribution in [3.63, 3.8) is 0 Å². The number of carboxylic acid groups (broad SMARTS) is 1. The number of unbranched alkanes of at least 4 members (excludes halogenated alkanes) is 7. The number of aliphatic carboxylic acids is 1. The van der Waals surface area contributed by atoms with Crippen LogP contribution in [0.3, 0.4) is 0 Å². The van der Waals surface area contributed by atoms with E-state index < -0.39 is 5.97 Å². The number of carboxylic acids is 1. The number of hydrogen-bond acceptors (Lipinski definition) is 3. The molecule has 0 saturated heterocycles. The molecule has 4 heteroatoms. The van der Waals surface area contributed by atoms with Crippen LogP contribution in [0.25, 0.3) is 0 Å². The molecule has 2 saturated carbocycles. The number of ether oxygens (including phenoxy) is 1. The van der Waals surface area contributed by atoms with Gasteiger partial charge in [-0.05, 0) is 91.5 Å². The molecule has 0 aromatic heterocycles. The van der Waals surface area contributed by atoms with E-state index in [0.29, 0.717) is 36.6 Å². The van der Waals surface area contributed by atoms with Crippen LogP contribution >= 0.6 is 0 Å². The smallest absolute Gasteiger partial charge is 0.303 e. The summed E-state index contributed by atoms with van der Waals surface area (Å²) >= 11 is 0. The summed E-state index contributed by atoms with van der Waals surface area (Å²) in [6.07, 6.45) is 16.0. The van der Waals surface area contributed by atoms with Crippen molar-refractivity contribution >= 4 is 11.8 Å². The molecule has 1 N–H and O–H groups in total. The molecule has 3 aliphatic rings. The van der Waals surface area contributed by atoms with Crippen LogP contribution in [0, 0.1) is 23.2 Å². The van der Waals surface area contributed by atoms with Crippen molar-refractivity contribution in [1.82, 2.24) is 0 Å². The molecule has 216 valence electrons. The lowest BCUT2D eigenvalue weighted by atomic mass is 9.55. The molecule has 0 spiro atoms. The molecule has 2 aromatic rings. The second kappa shape index (κ2) is 13.4. The van der Waals surface area contributed by atoms with Crippen molar-refractivity contribution in [1.29, 1.82) is 0 Å². The maximum atomic E-state index is 13.7. The minimum absolute atomic E-state index is 0.113. The summed E-state index contributed by atoms with van der Waals surface area (Å²) in [5.74, 6) is 2.89. The minimum atomic E-state index is -0.683. The minimum Gasteiger partial charge on any atom is -0.489 e. The fraction of sp³-hybridized carbons (Fsp3) is 0.611. The topological polar surface area (TPSA) is 63.6 Å². The number of aryl methyl sites for hydroxylation is 1. The van der Waals surface area contributed by atoms with Gasteiger partial charge in [0.15, 0.2) is 0 Å². The zero-order valence-corrected chi connectivity index (χ0v) is 24.4. The molecule has 4 nitrogen and oxygen atoms in total. The Kier molecular flexibility index (Phi) is 9.65. The summed E-state index contributed by atoms with van der Waals surface area (Å²) in [5.41, 5.74) is 4.05. The predicted octanol–water partition coefficient (Wildman–Crippen LogP) is 8.90. The number of Topliss-reactive ketones (excluding diaryl/α,β-unsaturated/α-hetero) is 1. The van der Waals surface area contributed by atoms with Gasteiger partial charge in [-0.3, -0.25) is 9.59 Å². The Morgan fingerprint density at radius 2 is 1.68 bits per heavy atom. The zero-order chi connectivity index (χ0) is 28.0.